The SMILES string of the molecule is COc1cnc(C(F)(F)F)c(C=O)c1C(F)F. The van der Waals surface area contributed by atoms with Crippen molar-refractivity contribution in [1.29, 1.82) is 0 Å². The van der Waals surface area contributed by atoms with Crippen LogP contribution in [0.3, 0.4) is 0 Å². The van der Waals surface area contributed by atoms with Gasteiger partial charge in [0.25, 0.3) is 6.43 Å². The zero-order chi connectivity index (χ0) is 13.2. The number of ether oxygens (including phenoxy) is 1. The summed E-state index contributed by atoms with van der Waals surface area (Å²) in [5.74, 6) is -0.560. The summed E-state index contributed by atoms with van der Waals surface area (Å²) in [4.78, 5) is 13.5. The van der Waals surface area contributed by atoms with Crippen molar-refractivity contribution < 1.29 is 31.5 Å². The smallest absolute Gasteiger partial charge is 0.434 e. The van der Waals surface area contributed by atoms with Gasteiger partial charge in [0.15, 0.2) is 12.0 Å². The molecular formula is C9H6F5NO2. The van der Waals surface area contributed by atoms with Crippen molar-refractivity contribution in [3.05, 3.63) is 23.0 Å². The second kappa shape index (κ2) is 4.64. The predicted molar refractivity (Wildman–Crippen MR) is 46.1 cm³/mol. The normalized spacial score (nSPS) is 11.7. The molecule has 0 amide bonds. The zero-order valence-corrected chi connectivity index (χ0v) is 8.39. The maximum atomic E-state index is 12.6. The topological polar surface area (TPSA) is 39.2 Å². The first kappa shape index (κ1) is 13.3. The Kier molecular flexibility index (Phi) is 3.64. The van der Waals surface area contributed by atoms with Crippen LogP contribution in [-0.2, 0) is 6.18 Å². The second-order valence-corrected chi connectivity index (χ2v) is 2.92. The van der Waals surface area contributed by atoms with E-state index < -0.39 is 35.2 Å². The van der Waals surface area contributed by atoms with Crippen molar-refractivity contribution in [2.75, 3.05) is 7.11 Å². The molecule has 3 nitrogen and oxygen atoms in total. The number of methoxy groups -OCH3 is 1. The summed E-state index contributed by atoms with van der Waals surface area (Å²) in [5, 5.41) is 0. The highest BCUT2D eigenvalue weighted by molar-refractivity contribution is 5.80. The Morgan fingerprint density at radius 3 is 2.35 bits per heavy atom. The first-order valence-corrected chi connectivity index (χ1v) is 4.20. The lowest BCUT2D eigenvalue weighted by Gasteiger charge is -2.14. The number of halogens is 5. The lowest BCUT2D eigenvalue weighted by atomic mass is 10.1. The molecule has 0 N–H and O–H groups in total. The molecule has 94 valence electrons. The summed E-state index contributed by atoms with van der Waals surface area (Å²) in [5.41, 5.74) is -3.96. The number of hydrogen-bond donors (Lipinski definition) is 0. The quantitative estimate of drug-likeness (QED) is 0.615. The van der Waals surface area contributed by atoms with Gasteiger partial charge in [-0.25, -0.2) is 13.8 Å². The lowest BCUT2D eigenvalue weighted by molar-refractivity contribution is -0.141. The average Bonchev–Trinajstić information content (AvgIpc) is 2.25. The summed E-state index contributed by atoms with van der Waals surface area (Å²) < 4.78 is 66.9. The van der Waals surface area contributed by atoms with E-state index in [1.165, 1.54) is 0 Å². The van der Waals surface area contributed by atoms with Gasteiger partial charge in [-0.05, 0) is 0 Å². The third kappa shape index (κ3) is 2.51. The highest BCUT2D eigenvalue weighted by Crippen LogP contribution is 2.38. The van der Waals surface area contributed by atoms with Gasteiger partial charge in [-0.1, -0.05) is 0 Å². The van der Waals surface area contributed by atoms with Crippen molar-refractivity contribution in [3.8, 4) is 5.75 Å². The first-order chi connectivity index (χ1) is 7.82. The molecule has 1 aromatic rings. The Bertz CT molecular complexity index is 430. The van der Waals surface area contributed by atoms with Gasteiger partial charge >= 0.3 is 6.18 Å². The van der Waals surface area contributed by atoms with Gasteiger partial charge in [-0.2, -0.15) is 13.2 Å². The minimum absolute atomic E-state index is 0.306. The van der Waals surface area contributed by atoms with E-state index in [4.69, 9.17) is 0 Å². The summed E-state index contributed by atoms with van der Waals surface area (Å²) >= 11 is 0. The molecule has 0 fully saturated rings. The molecule has 0 saturated carbocycles. The van der Waals surface area contributed by atoms with E-state index in [1.807, 2.05) is 0 Å². The van der Waals surface area contributed by atoms with Gasteiger partial charge < -0.3 is 4.74 Å². The van der Waals surface area contributed by atoms with Gasteiger partial charge in [-0.15, -0.1) is 0 Å². The van der Waals surface area contributed by atoms with Gasteiger partial charge in [-0.3, -0.25) is 4.79 Å². The molecule has 0 aliphatic rings. The summed E-state index contributed by atoms with van der Waals surface area (Å²) in [6.07, 6.45) is -8.04. The molecule has 1 aromatic heterocycles. The number of pyridine rings is 1. The molecule has 8 heteroatoms. The molecule has 0 aromatic carbocycles. The molecule has 0 spiro atoms. The van der Waals surface area contributed by atoms with Crippen molar-refractivity contribution in [2.24, 2.45) is 0 Å². The fraction of sp³-hybridized carbons (Fsp3) is 0.333. The number of alkyl halides is 5. The fourth-order valence-corrected chi connectivity index (χ4v) is 1.26. The Hall–Kier alpha value is -1.73. The van der Waals surface area contributed by atoms with E-state index in [1.54, 1.807) is 0 Å². The molecule has 0 aliphatic carbocycles. The molecule has 1 heterocycles. The van der Waals surface area contributed by atoms with Crippen molar-refractivity contribution >= 4 is 6.29 Å². The number of nitrogens with zero attached hydrogens (tertiary/aromatic N) is 1. The van der Waals surface area contributed by atoms with Crippen LogP contribution in [0.25, 0.3) is 0 Å². The minimum Gasteiger partial charge on any atom is -0.495 e. The minimum atomic E-state index is -4.98. The van der Waals surface area contributed by atoms with Gasteiger partial charge in [0.1, 0.15) is 5.75 Å². The van der Waals surface area contributed by atoms with Crippen LogP contribution in [-0.4, -0.2) is 18.4 Å². The van der Waals surface area contributed by atoms with E-state index in [0.29, 0.717) is 6.20 Å². The fourth-order valence-electron chi connectivity index (χ4n) is 1.26. The molecule has 0 bridgehead atoms. The van der Waals surface area contributed by atoms with Gasteiger partial charge in [0.2, 0.25) is 0 Å². The third-order valence-corrected chi connectivity index (χ3v) is 1.95. The lowest BCUT2D eigenvalue weighted by Crippen LogP contribution is -2.14. The molecule has 0 aliphatic heterocycles. The monoisotopic (exact) mass is 255 g/mol. The van der Waals surface area contributed by atoms with Crippen LogP contribution < -0.4 is 4.74 Å². The molecule has 0 radical (unpaired) electrons. The van der Waals surface area contributed by atoms with Crippen molar-refractivity contribution in [2.45, 2.75) is 12.6 Å². The number of carbonyl (C=O) groups is 1. The number of aromatic nitrogens is 1. The van der Waals surface area contributed by atoms with Crippen LogP contribution in [0, 0.1) is 0 Å². The van der Waals surface area contributed by atoms with Crippen LogP contribution in [0.5, 0.6) is 5.75 Å². The Labute approximate surface area is 92.2 Å². The third-order valence-electron chi connectivity index (χ3n) is 1.95. The number of hydrogen-bond acceptors (Lipinski definition) is 3. The Balaban J connectivity index is 3.58. The number of aldehydes is 1. The zero-order valence-electron chi connectivity index (χ0n) is 8.39. The molecular weight excluding hydrogens is 249 g/mol. The summed E-state index contributed by atoms with van der Waals surface area (Å²) in [6, 6.07) is 0. The largest absolute Gasteiger partial charge is 0.495 e. The van der Waals surface area contributed by atoms with Gasteiger partial charge in [0, 0.05) is 0 Å². The van der Waals surface area contributed by atoms with Gasteiger partial charge in [0.05, 0.1) is 24.4 Å². The van der Waals surface area contributed by atoms with E-state index in [-0.39, 0.29) is 6.29 Å². The summed E-state index contributed by atoms with van der Waals surface area (Å²) in [7, 11) is 0.991. The van der Waals surface area contributed by atoms with Crippen LogP contribution in [0.1, 0.15) is 28.0 Å². The maximum absolute atomic E-state index is 12.6. The Morgan fingerprint density at radius 1 is 1.41 bits per heavy atom. The molecule has 0 saturated heterocycles. The van der Waals surface area contributed by atoms with Crippen LogP contribution >= 0.6 is 0 Å². The van der Waals surface area contributed by atoms with Crippen LogP contribution in [0.4, 0.5) is 22.0 Å². The van der Waals surface area contributed by atoms with Crippen molar-refractivity contribution in [1.82, 2.24) is 4.98 Å². The summed E-state index contributed by atoms with van der Waals surface area (Å²) in [6.45, 7) is 0. The van der Waals surface area contributed by atoms with E-state index in [2.05, 4.69) is 9.72 Å². The van der Waals surface area contributed by atoms with Crippen molar-refractivity contribution in [3.63, 3.8) is 0 Å². The highest BCUT2D eigenvalue weighted by atomic mass is 19.4. The predicted octanol–water partition coefficient (Wildman–Crippen LogP) is 2.86. The maximum Gasteiger partial charge on any atom is 0.434 e. The number of rotatable bonds is 3. The van der Waals surface area contributed by atoms with Crippen LogP contribution in [0.15, 0.2) is 6.20 Å². The van der Waals surface area contributed by atoms with Crippen LogP contribution in [0.2, 0.25) is 0 Å². The highest BCUT2D eigenvalue weighted by Gasteiger charge is 2.38. The first-order valence-electron chi connectivity index (χ1n) is 4.20. The van der Waals surface area contributed by atoms with E-state index in [0.717, 1.165) is 7.11 Å². The molecule has 0 atom stereocenters. The second-order valence-electron chi connectivity index (χ2n) is 2.92. The van der Waals surface area contributed by atoms with E-state index >= 15 is 0 Å². The molecule has 0 unspecified atom stereocenters. The standard InChI is InChI=1S/C9H6F5NO2/c1-17-5-2-15-7(9(12,13)14)4(3-16)6(5)8(10)11/h2-3,8H,1H3. The molecule has 1 rings (SSSR count). The average molecular weight is 255 g/mol. The number of carbonyl (C=O) groups excluding carboxylic acids is 1. The molecule has 17 heavy (non-hydrogen) atoms. The Morgan fingerprint density at radius 2 is 2.00 bits per heavy atom. The van der Waals surface area contributed by atoms with E-state index in [9.17, 15) is 26.7 Å².